The summed E-state index contributed by atoms with van der Waals surface area (Å²) in [6, 6.07) is -0.648. The molecule has 0 bridgehead atoms. The van der Waals surface area contributed by atoms with E-state index < -0.39 is 11.9 Å². The van der Waals surface area contributed by atoms with E-state index in [0.717, 1.165) is 6.42 Å². The Bertz CT molecular complexity index is 440. The van der Waals surface area contributed by atoms with E-state index in [1.54, 1.807) is 0 Å². The van der Waals surface area contributed by atoms with Crippen molar-refractivity contribution >= 4 is 30.1 Å². The molecule has 1 atom stereocenters. The predicted molar refractivity (Wildman–Crippen MR) is 100 cm³/mol. The molecule has 0 aromatic rings. The van der Waals surface area contributed by atoms with Crippen LogP contribution in [0.4, 0.5) is 0 Å². The average Bonchev–Trinajstić information content (AvgIpc) is 2.55. The maximum absolute atomic E-state index is 12.3. The Balaban J connectivity index is 0.00000576. The molecule has 0 saturated heterocycles. The van der Waals surface area contributed by atoms with Crippen LogP contribution >= 0.6 is 12.4 Å². The van der Waals surface area contributed by atoms with Gasteiger partial charge in [-0.1, -0.05) is 46.0 Å². The Kier molecular flexibility index (Phi) is 11.4. The highest BCUT2D eigenvalue weighted by Crippen LogP contribution is 2.26. The summed E-state index contributed by atoms with van der Waals surface area (Å²) < 4.78 is 0. The van der Waals surface area contributed by atoms with E-state index in [0.29, 0.717) is 12.5 Å². The second-order valence-electron chi connectivity index (χ2n) is 7.06. The van der Waals surface area contributed by atoms with Gasteiger partial charge in [0, 0.05) is 6.54 Å². The molecule has 1 fully saturated rings. The lowest BCUT2D eigenvalue weighted by Gasteiger charge is -2.26. The van der Waals surface area contributed by atoms with Gasteiger partial charge in [-0.2, -0.15) is 0 Å². The number of carbonyl (C=O) groups excluding carboxylic acids is 3. The molecule has 3 amide bonds. The summed E-state index contributed by atoms with van der Waals surface area (Å²) in [5, 5.41) is 2.55. The van der Waals surface area contributed by atoms with Crippen LogP contribution in [0.15, 0.2) is 0 Å². The molecule has 1 saturated carbocycles. The summed E-state index contributed by atoms with van der Waals surface area (Å²) in [5.41, 5.74) is 11.0. The van der Waals surface area contributed by atoms with Crippen molar-refractivity contribution in [3.05, 3.63) is 0 Å². The third-order valence-corrected chi connectivity index (χ3v) is 4.67. The molecule has 146 valence electrons. The minimum absolute atomic E-state index is 0. The van der Waals surface area contributed by atoms with E-state index in [4.69, 9.17) is 11.5 Å². The number of primary amides is 1. The van der Waals surface area contributed by atoms with Crippen molar-refractivity contribution < 1.29 is 14.4 Å². The topological polar surface area (TPSA) is 119 Å². The molecule has 1 aliphatic carbocycles. The number of rotatable bonds is 9. The van der Waals surface area contributed by atoms with Crippen molar-refractivity contribution in [2.75, 3.05) is 19.6 Å². The second-order valence-corrected chi connectivity index (χ2v) is 7.06. The molecule has 0 heterocycles. The number of nitrogens with one attached hydrogen (secondary N) is 1. The van der Waals surface area contributed by atoms with Crippen LogP contribution in [0.3, 0.4) is 0 Å². The van der Waals surface area contributed by atoms with Crippen LogP contribution in [-0.4, -0.2) is 48.3 Å². The summed E-state index contributed by atoms with van der Waals surface area (Å²) in [4.78, 5) is 36.8. The Labute approximate surface area is 156 Å². The van der Waals surface area contributed by atoms with Gasteiger partial charge in [-0.25, -0.2) is 0 Å². The van der Waals surface area contributed by atoms with Crippen LogP contribution in [0.25, 0.3) is 0 Å². The molecule has 0 aromatic carbocycles. The molecule has 25 heavy (non-hydrogen) atoms. The van der Waals surface area contributed by atoms with Crippen LogP contribution in [-0.2, 0) is 14.4 Å². The van der Waals surface area contributed by atoms with Gasteiger partial charge in [0.25, 0.3) is 0 Å². The van der Waals surface area contributed by atoms with Gasteiger partial charge in [-0.15, -0.1) is 12.4 Å². The van der Waals surface area contributed by atoms with Crippen LogP contribution in [0.5, 0.6) is 0 Å². The van der Waals surface area contributed by atoms with Crippen LogP contribution in [0.2, 0.25) is 0 Å². The maximum atomic E-state index is 12.3. The Morgan fingerprint density at radius 1 is 1.16 bits per heavy atom. The molecule has 1 aliphatic rings. The number of hydrogen-bond donors (Lipinski definition) is 3. The zero-order chi connectivity index (χ0) is 18.1. The first-order valence-electron chi connectivity index (χ1n) is 8.90. The molecule has 0 radical (unpaired) electrons. The fourth-order valence-electron chi connectivity index (χ4n) is 2.99. The van der Waals surface area contributed by atoms with Gasteiger partial charge in [0.1, 0.15) is 0 Å². The summed E-state index contributed by atoms with van der Waals surface area (Å²) in [5.74, 6) is -0.602. The standard InChI is InChI=1S/C17H32N4O3.ClH/c1-12(2)16(19)17(24)20-10-15(23)21(11-14(18)22)9-8-13-6-4-3-5-7-13;/h12-13,16H,3-11,19H2,1-2H3,(H2,18,22)(H,20,24);1H/t16-;/m0./s1. The van der Waals surface area contributed by atoms with Crippen molar-refractivity contribution in [1.29, 1.82) is 0 Å². The first-order valence-corrected chi connectivity index (χ1v) is 8.90. The van der Waals surface area contributed by atoms with Gasteiger partial charge in [-0.3, -0.25) is 14.4 Å². The SMILES string of the molecule is CC(C)[C@H](N)C(=O)NCC(=O)N(CCC1CCCCC1)CC(N)=O.Cl. The number of nitrogens with two attached hydrogens (primary N) is 2. The lowest BCUT2D eigenvalue weighted by molar-refractivity contribution is -0.136. The van der Waals surface area contributed by atoms with E-state index >= 15 is 0 Å². The van der Waals surface area contributed by atoms with Gasteiger partial charge >= 0.3 is 0 Å². The van der Waals surface area contributed by atoms with E-state index in [2.05, 4.69) is 5.32 Å². The Morgan fingerprint density at radius 2 is 1.76 bits per heavy atom. The number of hydrogen-bond acceptors (Lipinski definition) is 4. The van der Waals surface area contributed by atoms with Gasteiger partial charge in [0.05, 0.1) is 19.1 Å². The maximum Gasteiger partial charge on any atom is 0.242 e. The van der Waals surface area contributed by atoms with Gasteiger partial charge in [-0.05, 0) is 18.3 Å². The molecular weight excluding hydrogens is 344 g/mol. The summed E-state index contributed by atoms with van der Waals surface area (Å²) in [6.45, 7) is 3.92. The molecule has 1 rings (SSSR count). The fraction of sp³-hybridized carbons (Fsp3) is 0.824. The van der Waals surface area contributed by atoms with Gasteiger partial charge < -0.3 is 21.7 Å². The Morgan fingerprint density at radius 3 is 2.28 bits per heavy atom. The minimum atomic E-state index is -0.648. The zero-order valence-corrected chi connectivity index (χ0v) is 16.1. The van der Waals surface area contributed by atoms with Crippen molar-refractivity contribution in [2.24, 2.45) is 23.3 Å². The summed E-state index contributed by atoms with van der Waals surface area (Å²) in [7, 11) is 0. The minimum Gasteiger partial charge on any atom is -0.368 e. The smallest absolute Gasteiger partial charge is 0.242 e. The van der Waals surface area contributed by atoms with Crippen molar-refractivity contribution in [3.63, 3.8) is 0 Å². The van der Waals surface area contributed by atoms with E-state index in [-0.39, 0.29) is 43.2 Å². The molecule has 0 aromatic heterocycles. The average molecular weight is 377 g/mol. The largest absolute Gasteiger partial charge is 0.368 e. The lowest BCUT2D eigenvalue weighted by Crippen LogP contribution is -2.49. The molecule has 0 aliphatic heterocycles. The summed E-state index contributed by atoms with van der Waals surface area (Å²) in [6.07, 6.45) is 6.98. The normalized spacial score (nSPS) is 16.0. The Hall–Kier alpha value is -1.34. The second kappa shape index (κ2) is 12.1. The zero-order valence-electron chi connectivity index (χ0n) is 15.3. The first-order chi connectivity index (χ1) is 11.3. The molecule has 5 N–H and O–H groups in total. The third kappa shape index (κ3) is 9.07. The van der Waals surface area contributed by atoms with Crippen LogP contribution < -0.4 is 16.8 Å². The van der Waals surface area contributed by atoms with Crippen molar-refractivity contribution in [2.45, 2.75) is 58.4 Å². The molecule has 8 heteroatoms. The number of nitrogens with zero attached hydrogens (tertiary/aromatic N) is 1. The van der Waals surface area contributed by atoms with Gasteiger partial charge in [0.15, 0.2) is 0 Å². The van der Waals surface area contributed by atoms with Crippen molar-refractivity contribution in [1.82, 2.24) is 10.2 Å². The fourth-order valence-corrected chi connectivity index (χ4v) is 2.99. The molecule has 0 spiro atoms. The van der Waals surface area contributed by atoms with Crippen molar-refractivity contribution in [3.8, 4) is 0 Å². The number of halogens is 1. The number of amides is 3. The van der Waals surface area contributed by atoms with E-state index in [1.807, 2.05) is 13.8 Å². The quantitative estimate of drug-likeness (QED) is 0.551. The first kappa shape index (κ1) is 23.7. The highest BCUT2D eigenvalue weighted by molar-refractivity contribution is 5.89. The highest BCUT2D eigenvalue weighted by Gasteiger charge is 2.22. The van der Waals surface area contributed by atoms with E-state index in [1.165, 1.54) is 37.0 Å². The molecule has 0 unspecified atom stereocenters. The number of carbonyl (C=O) groups is 3. The third-order valence-electron chi connectivity index (χ3n) is 4.67. The van der Waals surface area contributed by atoms with Crippen LogP contribution in [0.1, 0.15) is 52.4 Å². The summed E-state index contributed by atoms with van der Waals surface area (Å²) >= 11 is 0. The predicted octanol–water partition coefficient (Wildman–Crippen LogP) is 0.792. The monoisotopic (exact) mass is 376 g/mol. The lowest BCUT2D eigenvalue weighted by atomic mass is 9.87. The molecule has 7 nitrogen and oxygen atoms in total. The highest BCUT2D eigenvalue weighted by atomic mass is 35.5. The van der Waals surface area contributed by atoms with E-state index in [9.17, 15) is 14.4 Å². The molecular formula is C17H33ClN4O3. The van der Waals surface area contributed by atoms with Gasteiger partial charge in [0.2, 0.25) is 17.7 Å². The van der Waals surface area contributed by atoms with Crippen LogP contribution in [0, 0.1) is 11.8 Å².